The summed E-state index contributed by atoms with van der Waals surface area (Å²) in [4.78, 5) is 10.4. The molecule has 1 aliphatic rings. The van der Waals surface area contributed by atoms with E-state index in [2.05, 4.69) is 0 Å². The second-order valence-electron chi connectivity index (χ2n) is 5.06. The molecule has 1 heterocycles. The van der Waals surface area contributed by atoms with Gasteiger partial charge in [0, 0.05) is 6.08 Å². The fourth-order valence-corrected chi connectivity index (χ4v) is 2.12. The summed E-state index contributed by atoms with van der Waals surface area (Å²) in [5, 5.41) is 46.9. The molecule has 5 N–H and O–H groups in total. The van der Waals surface area contributed by atoms with Crippen molar-refractivity contribution in [2.45, 2.75) is 30.7 Å². The van der Waals surface area contributed by atoms with E-state index < -0.39 is 43.3 Å². The third-order valence-corrected chi connectivity index (χ3v) is 3.40. The van der Waals surface area contributed by atoms with Crippen LogP contribution in [0.3, 0.4) is 0 Å². The van der Waals surface area contributed by atoms with Crippen molar-refractivity contribution in [3.8, 4) is 5.75 Å². The average Bonchev–Trinajstić information content (AvgIpc) is 2.54. The molecule has 2 rings (SSSR count). The molecule has 0 spiro atoms. The van der Waals surface area contributed by atoms with Crippen molar-refractivity contribution in [2.75, 3.05) is 6.61 Å². The summed E-state index contributed by atoms with van der Waals surface area (Å²) in [6.07, 6.45) is -4.35. The lowest BCUT2D eigenvalue weighted by atomic mass is 9.99. The van der Waals surface area contributed by atoms with Crippen LogP contribution in [-0.2, 0) is 9.53 Å². The quantitative estimate of drug-likeness (QED) is 0.433. The average molecular weight is 326 g/mol. The van der Waals surface area contributed by atoms with Crippen LogP contribution in [0.5, 0.6) is 5.75 Å². The zero-order chi connectivity index (χ0) is 17.0. The van der Waals surface area contributed by atoms with Crippen molar-refractivity contribution in [3.63, 3.8) is 0 Å². The lowest BCUT2D eigenvalue weighted by molar-refractivity contribution is -0.277. The van der Waals surface area contributed by atoms with E-state index in [-0.39, 0.29) is 0 Å². The molecule has 0 aliphatic carbocycles. The summed E-state index contributed by atoms with van der Waals surface area (Å²) in [7, 11) is 0. The number of carboxylic acid groups (broad SMARTS) is 1. The Morgan fingerprint density at radius 2 is 1.78 bits per heavy atom. The number of carbonyl (C=O) groups is 1. The van der Waals surface area contributed by atoms with Gasteiger partial charge in [-0.05, 0) is 23.8 Å². The molecule has 8 heteroatoms. The normalized spacial score (nSPS) is 31.2. The fraction of sp³-hybridized carbons (Fsp3) is 0.400. The number of benzene rings is 1. The second kappa shape index (κ2) is 7.53. The van der Waals surface area contributed by atoms with Crippen LogP contribution in [0.2, 0.25) is 0 Å². The number of aliphatic hydroxyl groups excluding tert-OH is 4. The molecule has 5 atom stereocenters. The van der Waals surface area contributed by atoms with Crippen molar-refractivity contribution in [2.24, 2.45) is 0 Å². The zero-order valence-electron chi connectivity index (χ0n) is 12.0. The van der Waals surface area contributed by atoms with Crippen molar-refractivity contribution in [1.29, 1.82) is 0 Å². The summed E-state index contributed by atoms with van der Waals surface area (Å²) >= 11 is 0. The monoisotopic (exact) mass is 326 g/mol. The van der Waals surface area contributed by atoms with Gasteiger partial charge in [0.05, 0.1) is 6.61 Å². The minimum Gasteiger partial charge on any atom is -0.478 e. The Hall–Kier alpha value is -1.97. The smallest absolute Gasteiger partial charge is 0.328 e. The van der Waals surface area contributed by atoms with Crippen LogP contribution >= 0.6 is 0 Å². The number of carboxylic acids is 1. The highest BCUT2D eigenvalue weighted by atomic mass is 16.7. The van der Waals surface area contributed by atoms with Crippen LogP contribution in [0.25, 0.3) is 6.08 Å². The predicted molar refractivity (Wildman–Crippen MR) is 77.5 cm³/mol. The molecule has 0 saturated carbocycles. The molecule has 126 valence electrons. The summed E-state index contributed by atoms with van der Waals surface area (Å²) < 4.78 is 10.6. The van der Waals surface area contributed by atoms with E-state index in [4.69, 9.17) is 19.7 Å². The third kappa shape index (κ3) is 4.27. The molecule has 23 heavy (non-hydrogen) atoms. The molecule has 1 fully saturated rings. The predicted octanol–water partition coefficient (Wildman–Crippen LogP) is -1.04. The van der Waals surface area contributed by atoms with Crippen molar-refractivity contribution in [3.05, 3.63) is 35.9 Å². The molecule has 1 aliphatic heterocycles. The first-order valence-electron chi connectivity index (χ1n) is 6.90. The number of aliphatic carboxylic acids is 1. The molecular weight excluding hydrogens is 308 g/mol. The van der Waals surface area contributed by atoms with E-state index >= 15 is 0 Å². The molecule has 0 unspecified atom stereocenters. The van der Waals surface area contributed by atoms with Gasteiger partial charge in [0.25, 0.3) is 0 Å². The highest BCUT2D eigenvalue weighted by Crippen LogP contribution is 2.24. The van der Waals surface area contributed by atoms with Crippen LogP contribution in [0.15, 0.2) is 30.3 Å². The van der Waals surface area contributed by atoms with Gasteiger partial charge in [-0.3, -0.25) is 0 Å². The molecule has 0 amide bonds. The Bertz CT molecular complexity index is 553. The van der Waals surface area contributed by atoms with Gasteiger partial charge in [0.1, 0.15) is 30.2 Å². The number of hydrogen-bond acceptors (Lipinski definition) is 7. The minimum absolute atomic E-state index is 0.307. The third-order valence-electron chi connectivity index (χ3n) is 3.40. The summed E-state index contributed by atoms with van der Waals surface area (Å²) in [5.74, 6) is -0.756. The molecule has 1 saturated heterocycles. The van der Waals surface area contributed by atoms with Crippen LogP contribution in [0.1, 0.15) is 5.56 Å². The Morgan fingerprint density at radius 1 is 1.13 bits per heavy atom. The fourth-order valence-electron chi connectivity index (χ4n) is 2.12. The lowest BCUT2D eigenvalue weighted by Gasteiger charge is -2.39. The lowest BCUT2D eigenvalue weighted by Crippen LogP contribution is -2.60. The SMILES string of the molecule is O=C(O)/C=C/c1ccc(O[C@@H]2O[C@H](CO)[C@@H](O)[C@H](O)[C@H]2O)cc1. The van der Waals surface area contributed by atoms with Gasteiger partial charge < -0.3 is 35.0 Å². The second-order valence-corrected chi connectivity index (χ2v) is 5.06. The maximum Gasteiger partial charge on any atom is 0.328 e. The van der Waals surface area contributed by atoms with Crippen LogP contribution in [0.4, 0.5) is 0 Å². The molecule has 0 radical (unpaired) electrons. The Balaban J connectivity index is 2.04. The topological polar surface area (TPSA) is 137 Å². The highest BCUT2D eigenvalue weighted by Gasteiger charge is 2.44. The van der Waals surface area contributed by atoms with Gasteiger partial charge in [-0.15, -0.1) is 0 Å². The van der Waals surface area contributed by atoms with Crippen LogP contribution in [-0.4, -0.2) is 68.8 Å². The standard InChI is InChI=1S/C15H18O8/c16-7-10-12(19)13(20)14(21)15(23-10)22-9-4-1-8(2-5-9)3-6-11(17)18/h1-6,10,12-16,19-21H,7H2,(H,17,18)/b6-3+/t10-,12-,13+,14-,15-/m1/s1. The molecule has 1 aromatic carbocycles. The van der Waals surface area contributed by atoms with Crippen molar-refractivity contribution >= 4 is 12.0 Å². The van der Waals surface area contributed by atoms with Gasteiger partial charge in [0.2, 0.25) is 6.29 Å². The molecule has 1 aromatic rings. The summed E-state index contributed by atoms with van der Waals surface area (Å²) in [5.41, 5.74) is 0.633. The van der Waals surface area contributed by atoms with E-state index in [0.717, 1.165) is 6.08 Å². The first-order valence-corrected chi connectivity index (χ1v) is 6.90. The first kappa shape index (κ1) is 17.4. The van der Waals surface area contributed by atoms with E-state index in [1.165, 1.54) is 18.2 Å². The Labute approximate surface area is 131 Å². The van der Waals surface area contributed by atoms with Gasteiger partial charge in [-0.2, -0.15) is 0 Å². The van der Waals surface area contributed by atoms with Crippen molar-refractivity contribution < 1.29 is 39.8 Å². The Morgan fingerprint density at radius 3 is 2.35 bits per heavy atom. The Kier molecular flexibility index (Phi) is 5.69. The zero-order valence-corrected chi connectivity index (χ0v) is 12.0. The highest BCUT2D eigenvalue weighted by molar-refractivity contribution is 5.85. The van der Waals surface area contributed by atoms with Crippen LogP contribution < -0.4 is 4.74 Å². The minimum atomic E-state index is -1.51. The van der Waals surface area contributed by atoms with E-state index in [1.54, 1.807) is 12.1 Å². The molecule has 0 aromatic heterocycles. The van der Waals surface area contributed by atoms with Gasteiger partial charge >= 0.3 is 5.97 Å². The van der Waals surface area contributed by atoms with Crippen molar-refractivity contribution in [1.82, 2.24) is 0 Å². The van der Waals surface area contributed by atoms with E-state index in [0.29, 0.717) is 11.3 Å². The number of aliphatic hydroxyl groups is 4. The maximum atomic E-state index is 10.4. The number of ether oxygens (including phenoxy) is 2. The largest absolute Gasteiger partial charge is 0.478 e. The maximum absolute atomic E-state index is 10.4. The van der Waals surface area contributed by atoms with Crippen LogP contribution in [0, 0.1) is 0 Å². The molecule has 0 bridgehead atoms. The van der Waals surface area contributed by atoms with E-state index in [1.807, 2.05) is 0 Å². The molecule has 8 nitrogen and oxygen atoms in total. The summed E-state index contributed by atoms with van der Waals surface area (Å²) in [6.45, 7) is -0.538. The molecular formula is C15H18O8. The first-order chi connectivity index (χ1) is 10.9. The number of hydrogen-bond donors (Lipinski definition) is 5. The number of rotatable bonds is 5. The summed E-state index contributed by atoms with van der Waals surface area (Å²) in [6, 6.07) is 6.25. The van der Waals surface area contributed by atoms with E-state index in [9.17, 15) is 20.1 Å². The van der Waals surface area contributed by atoms with Gasteiger partial charge in [-0.1, -0.05) is 12.1 Å². The van der Waals surface area contributed by atoms with Gasteiger partial charge in [0.15, 0.2) is 0 Å². The van der Waals surface area contributed by atoms with Gasteiger partial charge in [-0.25, -0.2) is 4.79 Å².